The van der Waals surface area contributed by atoms with E-state index < -0.39 is 0 Å². The van der Waals surface area contributed by atoms with Gasteiger partial charge in [-0.15, -0.1) is 11.8 Å². The van der Waals surface area contributed by atoms with E-state index in [-0.39, 0.29) is 5.78 Å². The average molecular weight is 336 g/mol. The van der Waals surface area contributed by atoms with Crippen LogP contribution in [-0.2, 0) is 0 Å². The Morgan fingerprint density at radius 1 is 0.652 bits per heavy atom. The fourth-order valence-electron chi connectivity index (χ4n) is 2.21. The summed E-state index contributed by atoms with van der Waals surface area (Å²) in [6.07, 6.45) is 2.03. The van der Waals surface area contributed by atoms with Gasteiger partial charge in [-0.1, -0.05) is 30.0 Å². The zero-order valence-corrected chi connectivity index (χ0v) is 14.4. The largest absolute Gasteiger partial charge is 0.289 e. The molecule has 0 amide bonds. The van der Waals surface area contributed by atoms with Gasteiger partial charge in [0.25, 0.3) is 0 Å². The van der Waals surface area contributed by atoms with Crippen LogP contribution in [0.1, 0.15) is 15.9 Å². The van der Waals surface area contributed by atoms with Crippen molar-refractivity contribution in [2.75, 3.05) is 6.26 Å². The third-order valence-electron chi connectivity index (χ3n) is 3.45. The smallest absolute Gasteiger partial charge is 0.193 e. The van der Waals surface area contributed by atoms with Crippen molar-refractivity contribution in [3.8, 4) is 0 Å². The number of carbonyl (C=O) groups excluding carboxylic acids is 1. The lowest BCUT2D eigenvalue weighted by molar-refractivity contribution is 0.103. The van der Waals surface area contributed by atoms with E-state index in [2.05, 4.69) is 12.1 Å². The summed E-state index contributed by atoms with van der Waals surface area (Å²) in [5.74, 6) is 0.0638. The molecule has 0 spiro atoms. The summed E-state index contributed by atoms with van der Waals surface area (Å²) in [4.78, 5) is 16.0. The van der Waals surface area contributed by atoms with Crippen molar-refractivity contribution in [2.24, 2.45) is 0 Å². The highest BCUT2D eigenvalue weighted by Crippen LogP contribution is 2.27. The van der Waals surface area contributed by atoms with Crippen molar-refractivity contribution in [3.63, 3.8) is 0 Å². The molecular formula is C20H16OS2. The van der Waals surface area contributed by atoms with Crippen LogP contribution in [0.2, 0.25) is 0 Å². The van der Waals surface area contributed by atoms with Gasteiger partial charge in [-0.3, -0.25) is 4.79 Å². The number of hydrogen-bond acceptors (Lipinski definition) is 3. The Labute approximate surface area is 145 Å². The monoisotopic (exact) mass is 336 g/mol. The first-order valence-electron chi connectivity index (χ1n) is 7.28. The molecule has 0 bridgehead atoms. The number of thioether (sulfide) groups is 1. The van der Waals surface area contributed by atoms with Gasteiger partial charge in [0.2, 0.25) is 0 Å². The predicted molar refractivity (Wildman–Crippen MR) is 98.7 cm³/mol. The first-order valence-corrected chi connectivity index (χ1v) is 9.32. The molecule has 0 saturated heterocycles. The van der Waals surface area contributed by atoms with Crippen LogP contribution in [0.25, 0.3) is 0 Å². The van der Waals surface area contributed by atoms with Crippen LogP contribution in [0.5, 0.6) is 0 Å². The normalized spacial score (nSPS) is 10.5. The fourth-order valence-corrected chi connectivity index (χ4v) is 3.45. The summed E-state index contributed by atoms with van der Waals surface area (Å²) in [7, 11) is 0. The first kappa shape index (κ1) is 15.9. The molecule has 23 heavy (non-hydrogen) atoms. The molecule has 0 fully saturated rings. The molecule has 3 heteroatoms. The Kier molecular flexibility index (Phi) is 5.21. The lowest BCUT2D eigenvalue weighted by atomic mass is 10.0. The highest BCUT2D eigenvalue weighted by atomic mass is 32.2. The second-order valence-electron chi connectivity index (χ2n) is 5.00. The summed E-state index contributed by atoms with van der Waals surface area (Å²) in [5.41, 5.74) is 1.45. The molecular weight excluding hydrogens is 320 g/mol. The highest BCUT2D eigenvalue weighted by molar-refractivity contribution is 7.99. The van der Waals surface area contributed by atoms with E-state index in [4.69, 9.17) is 0 Å². The summed E-state index contributed by atoms with van der Waals surface area (Å²) in [6, 6.07) is 25.8. The van der Waals surface area contributed by atoms with Crippen LogP contribution < -0.4 is 0 Å². The molecule has 0 heterocycles. The zero-order valence-electron chi connectivity index (χ0n) is 12.7. The SMILES string of the molecule is CSc1ccc(C(=O)c2ccc(Sc3ccccc3)cc2)cc1. The maximum Gasteiger partial charge on any atom is 0.193 e. The Hall–Kier alpha value is -1.97. The van der Waals surface area contributed by atoms with Crippen molar-refractivity contribution >= 4 is 29.3 Å². The van der Waals surface area contributed by atoms with Crippen LogP contribution in [0, 0.1) is 0 Å². The van der Waals surface area contributed by atoms with Crippen molar-refractivity contribution in [2.45, 2.75) is 14.7 Å². The molecule has 0 N–H and O–H groups in total. The maximum atomic E-state index is 12.5. The van der Waals surface area contributed by atoms with Crippen LogP contribution >= 0.6 is 23.5 Å². The minimum Gasteiger partial charge on any atom is -0.289 e. The molecule has 0 radical (unpaired) electrons. The van der Waals surface area contributed by atoms with Gasteiger partial charge in [0.1, 0.15) is 0 Å². The summed E-state index contributed by atoms with van der Waals surface area (Å²) in [5, 5.41) is 0. The van der Waals surface area contributed by atoms with Crippen molar-refractivity contribution in [1.82, 2.24) is 0 Å². The van der Waals surface area contributed by atoms with Gasteiger partial charge in [-0.25, -0.2) is 0 Å². The van der Waals surface area contributed by atoms with E-state index in [1.807, 2.05) is 73.0 Å². The molecule has 0 atom stereocenters. The second kappa shape index (κ2) is 7.53. The van der Waals surface area contributed by atoms with Crippen LogP contribution in [0.3, 0.4) is 0 Å². The van der Waals surface area contributed by atoms with Gasteiger partial charge in [0.15, 0.2) is 5.78 Å². The molecule has 3 aromatic carbocycles. The maximum absolute atomic E-state index is 12.5. The van der Waals surface area contributed by atoms with Gasteiger partial charge in [-0.2, -0.15) is 0 Å². The number of hydrogen-bond donors (Lipinski definition) is 0. The zero-order chi connectivity index (χ0) is 16.1. The van der Waals surface area contributed by atoms with Crippen molar-refractivity contribution in [3.05, 3.63) is 90.0 Å². The number of benzene rings is 3. The quantitative estimate of drug-likeness (QED) is 0.433. The minimum atomic E-state index is 0.0638. The topological polar surface area (TPSA) is 17.1 Å². The summed E-state index contributed by atoms with van der Waals surface area (Å²) >= 11 is 3.37. The first-order chi connectivity index (χ1) is 11.3. The average Bonchev–Trinajstić information content (AvgIpc) is 2.63. The molecule has 0 aromatic heterocycles. The molecule has 1 nitrogen and oxygen atoms in total. The van der Waals surface area contributed by atoms with Crippen LogP contribution in [0.15, 0.2) is 93.5 Å². The Morgan fingerprint density at radius 2 is 1.13 bits per heavy atom. The summed E-state index contributed by atoms with van der Waals surface area (Å²) < 4.78 is 0. The van der Waals surface area contributed by atoms with E-state index in [0.29, 0.717) is 0 Å². The van der Waals surface area contributed by atoms with Crippen LogP contribution in [-0.4, -0.2) is 12.0 Å². The second-order valence-corrected chi connectivity index (χ2v) is 7.02. The number of rotatable bonds is 5. The molecule has 0 unspecified atom stereocenters. The van der Waals surface area contributed by atoms with Gasteiger partial charge in [0.05, 0.1) is 0 Å². The lowest BCUT2D eigenvalue weighted by Crippen LogP contribution is -2.00. The lowest BCUT2D eigenvalue weighted by Gasteiger charge is -2.05. The summed E-state index contributed by atoms with van der Waals surface area (Å²) in [6.45, 7) is 0. The Balaban J connectivity index is 1.74. The molecule has 0 aliphatic heterocycles. The van der Waals surface area contributed by atoms with Crippen LogP contribution in [0.4, 0.5) is 0 Å². The molecule has 114 valence electrons. The highest BCUT2D eigenvalue weighted by Gasteiger charge is 2.09. The van der Waals surface area contributed by atoms with E-state index >= 15 is 0 Å². The van der Waals surface area contributed by atoms with Crippen molar-refractivity contribution < 1.29 is 4.79 Å². The predicted octanol–water partition coefficient (Wildman–Crippen LogP) is 5.79. The van der Waals surface area contributed by atoms with Gasteiger partial charge >= 0.3 is 0 Å². The molecule has 0 saturated carbocycles. The van der Waals surface area contributed by atoms with E-state index in [1.54, 1.807) is 23.5 Å². The van der Waals surface area contributed by atoms with E-state index in [0.717, 1.165) is 20.9 Å². The Bertz CT molecular complexity index is 778. The molecule has 3 aromatic rings. The minimum absolute atomic E-state index is 0.0638. The third-order valence-corrected chi connectivity index (χ3v) is 5.21. The number of ketones is 1. The standard InChI is InChI=1S/C20H16OS2/c1-22-17-11-7-15(8-12-17)20(21)16-9-13-19(14-10-16)23-18-5-3-2-4-6-18/h2-14H,1H3. The third kappa shape index (κ3) is 4.06. The van der Waals surface area contributed by atoms with E-state index in [9.17, 15) is 4.79 Å². The van der Waals surface area contributed by atoms with E-state index in [1.165, 1.54) is 4.90 Å². The Morgan fingerprint density at radius 3 is 1.65 bits per heavy atom. The van der Waals surface area contributed by atoms with Gasteiger partial charge < -0.3 is 0 Å². The van der Waals surface area contributed by atoms with Gasteiger partial charge in [0, 0.05) is 25.8 Å². The molecule has 0 aliphatic rings. The van der Waals surface area contributed by atoms with Gasteiger partial charge in [-0.05, 0) is 66.9 Å². The molecule has 3 rings (SSSR count). The number of carbonyl (C=O) groups is 1. The van der Waals surface area contributed by atoms with Crippen molar-refractivity contribution in [1.29, 1.82) is 0 Å². The fraction of sp³-hybridized carbons (Fsp3) is 0.0500. The molecule has 0 aliphatic carbocycles.